The van der Waals surface area contributed by atoms with Gasteiger partial charge in [0.15, 0.2) is 0 Å². The minimum Gasteiger partial charge on any atom is -0.399 e. The summed E-state index contributed by atoms with van der Waals surface area (Å²) in [4.78, 5) is 15.0. The summed E-state index contributed by atoms with van der Waals surface area (Å²) < 4.78 is 0. The van der Waals surface area contributed by atoms with Crippen molar-refractivity contribution >= 4 is 11.6 Å². The number of carbonyl (C=O) groups is 1. The van der Waals surface area contributed by atoms with Gasteiger partial charge in [-0.15, -0.1) is 0 Å². The number of nitrogen functional groups attached to an aromatic ring is 1. The Morgan fingerprint density at radius 1 is 1.23 bits per heavy atom. The number of hydrogen-bond acceptors (Lipinski definition) is 3. The topological polar surface area (TPSA) is 58.4 Å². The molecule has 0 unspecified atom stereocenters. The molecule has 0 saturated heterocycles. The average molecular weight is 303 g/mol. The second-order valence-corrected chi connectivity index (χ2v) is 6.22. The zero-order chi connectivity index (χ0) is 16.0. The molecule has 3 N–H and O–H groups in total. The van der Waals surface area contributed by atoms with Crippen LogP contribution in [0.25, 0.3) is 0 Å². The van der Waals surface area contributed by atoms with Gasteiger partial charge in [-0.3, -0.25) is 10.1 Å². The van der Waals surface area contributed by atoms with E-state index in [4.69, 9.17) is 5.73 Å². The number of benzene rings is 1. The zero-order valence-corrected chi connectivity index (χ0v) is 13.9. The lowest BCUT2D eigenvalue weighted by atomic mass is 9.80. The molecule has 1 fully saturated rings. The summed E-state index contributed by atoms with van der Waals surface area (Å²) in [5.74, 6) is 0.265. The third kappa shape index (κ3) is 3.80. The maximum Gasteiger partial charge on any atom is 0.242 e. The fraction of sp³-hybridized carbons (Fsp3) is 0.611. The number of hydrogen-bond donors (Lipinski definition) is 2. The minimum atomic E-state index is -0.394. The van der Waals surface area contributed by atoms with Crippen LogP contribution in [0.5, 0.6) is 0 Å². The molecule has 1 aromatic rings. The van der Waals surface area contributed by atoms with Gasteiger partial charge in [0.2, 0.25) is 5.91 Å². The first kappa shape index (κ1) is 16.8. The maximum atomic E-state index is 13.0. The van der Waals surface area contributed by atoms with E-state index in [0.29, 0.717) is 6.54 Å². The van der Waals surface area contributed by atoms with Crippen LogP contribution in [0.2, 0.25) is 0 Å². The number of likely N-dealkylation sites (N-methyl/N-ethyl adjacent to an activating group) is 1. The van der Waals surface area contributed by atoms with Crippen LogP contribution in [0.1, 0.15) is 51.5 Å². The Hall–Kier alpha value is -1.55. The highest BCUT2D eigenvalue weighted by molar-refractivity contribution is 5.86. The van der Waals surface area contributed by atoms with Gasteiger partial charge in [0.05, 0.1) is 5.54 Å². The molecule has 1 aliphatic carbocycles. The Labute approximate surface area is 134 Å². The molecular formula is C18H29N3O. The molecular weight excluding hydrogens is 274 g/mol. The van der Waals surface area contributed by atoms with Crippen LogP contribution in [-0.2, 0) is 11.3 Å². The summed E-state index contributed by atoms with van der Waals surface area (Å²) in [7, 11) is 0. The van der Waals surface area contributed by atoms with Gasteiger partial charge in [-0.05, 0) is 44.4 Å². The highest BCUT2D eigenvalue weighted by Gasteiger charge is 2.40. The molecule has 0 heterocycles. The van der Waals surface area contributed by atoms with E-state index >= 15 is 0 Å². The Morgan fingerprint density at radius 3 is 2.50 bits per heavy atom. The Kier molecular flexibility index (Phi) is 5.83. The standard InChI is InChI=1S/C18H29N3O/c1-3-21(4-2)17(22)18(11-6-5-7-12-18)20-14-15-9-8-10-16(19)13-15/h8-10,13,20H,3-7,11-12,14,19H2,1-2H3. The van der Waals surface area contributed by atoms with Crippen molar-refractivity contribution in [2.45, 2.75) is 58.0 Å². The number of carbonyl (C=O) groups excluding carboxylic acids is 1. The highest BCUT2D eigenvalue weighted by Crippen LogP contribution is 2.30. The predicted molar refractivity (Wildman–Crippen MR) is 91.4 cm³/mol. The molecule has 4 nitrogen and oxygen atoms in total. The van der Waals surface area contributed by atoms with Crippen molar-refractivity contribution in [2.75, 3.05) is 18.8 Å². The molecule has 0 aliphatic heterocycles. The zero-order valence-electron chi connectivity index (χ0n) is 13.9. The van der Waals surface area contributed by atoms with Gasteiger partial charge in [-0.1, -0.05) is 31.4 Å². The number of nitrogens with two attached hydrogens (primary N) is 1. The van der Waals surface area contributed by atoms with Crippen LogP contribution in [0.4, 0.5) is 5.69 Å². The molecule has 122 valence electrons. The first-order valence-corrected chi connectivity index (χ1v) is 8.50. The number of rotatable bonds is 6. The summed E-state index contributed by atoms with van der Waals surface area (Å²) in [6, 6.07) is 7.89. The number of nitrogens with one attached hydrogen (secondary N) is 1. The quantitative estimate of drug-likeness (QED) is 0.794. The van der Waals surface area contributed by atoms with Crippen molar-refractivity contribution in [1.29, 1.82) is 0 Å². The summed E-state index contributed by atoms with van der Waals surface area (Å²) in [5, 5.41) is 3.58. The van der Waals surface area contributed by atoms with E-state index in [1.165, 1.54) is 6.42 Å². The Balaban J connectivity index is 2.13. The van der Waals surface area contributed by atoms with Crippen LogP contribution in [-0.4, -0.2) is 29.4 Å². The first-order chi connectivity index (χ1) is 10.6. The average Bonchev–Trinajstić information content (AvgIpc) is 2.55. The van der Waals surface area contributed by atoms with Gasteiger partial charge in [0.1, 0.15) is 0 Å². The fourth-order valence-electron chi connectivity index (χ4n) is 3.41. The van der Waals surface area contributed by atoms with Crippen LogP contribution in [0.3, 0.4) is 0 Å². The SMILES string of the molecule is CCN(CC)C(=O)C1(NCc2cccc(N)c2)CCCCC1. The number of anilines is 1. The van der Waals surface area contributed by atoms with Crippen molar-refractivity contribution in [2.24, 2.45) is 0 Å². The third-order valence-electron chi connectivity index (χ3n) is 4.75. The van der Waals surface area contributed by atoms with E-state index in [-0.39, 0.29) is 5.91 Å². The monoisotopic (exact) mass is 303 g/mol. The Morgan fingerprint density at radius 2 is 1.91 bits per heavy atom. The van der Waals surface area contributed by atoms with Gasteiger partial charge < -0.3 is 10.6 Å². The third-order valence-corrected chi connectivity index (χ3v) is 4.75. The van der Waals surface area contributed by atoms with Crippen molar-refractivity contribution < 1.29 is 4.79 Å². The highest BCUT2D eigenvalue weighted by atomic mass is 16.2. The van der Waals surface area contributed by atoms with E-state index < -0.39 is 5.54 Å². The lowest BCUT2D eigenvalue weighted by molar-refractivity contribution is -0.139. The molecule has 0 aromatic heterocycles. The van der Waals surface area contributed by atoms with E-state index in [1.54, 1.807) is 0 Å². The van der Waals surface area contributed by atoms with Gasteiger partial charge in [-0.25, -0.2) is 0 Å². The summed E-state index contributed by atoms with van der Waals surface area (Å²) in [5.41, 5.74) is 7.36. The first-order valence-electron chi connectivity index (χ1n) is 8.50. The van der Waals surface area contributed by atoms with E-state index in [2.05, 4.69) is 25.2 Å². The van der Waals surface area contributed by atoms with E-state index in [1.807, 2.05) is 23.1 Å². The van der Waals surface area contributed by atoms with Gasteiger partial charge in [0.25, 0.3) is 0 Å². The van der Waals surface area contributed by atoms with Crippen LogP contribution >= 0.6 is 0 Å². The second-order valence-electron chi connectivity index (χ2n) is 6.22. The molecule has 1 aliphatic rings. The molecule has 0 radical (unpaired) electrons. The van der Waals surface area contributed by atoms with Gasteiger partial charge in [-0.2, -0.15) is 0 Å². The smallest absolute Gasteiger partial charge is 0.242 e. The second kappa shape index (κ2) is 7.63. The number of amides is 1. The maximum absolute atomic E-state index is 13.0. The molecule has 1 amide bonds. The van der Waals surface area contributed by atoms with Crippen molar-refractivity contribution in [3.8, 4) is 0 Å². The lowest BCUT2D eigenvalue weighted by Crippen LogP contribution is -2.58. The van der Waals surface area contributed by atoms with Crippen molar-refractivity contribution in [1.82, 2.24) is 10.2 Å². The van der Waals surface area contributed by atoms with Crippen molar-refractivity contribution in [3.05, 3.63) is 29.8 Å². The lowest BCUT2D eigenvalue weighted by Gasteiger charge is -2.40. The fourth-order valence-corrected chi connectivity index (χ4v) is 3.41. The van der Waals surface area contributed by atoms with Gasteiger partial charge in [0, 0.05) is 25.3 Å². The van der Waals surface area contributed by atoms with Gasteiger partial charge >= 0.3 is 0 Å². The normalized spacial score (nSPS) is 17.2. The molecule has 22 heavy (non-hydrogen) atoms. The van der Waals surface area contributed by atoms with Crippen molar-refractivity contribution in [3.63, 3.8) is 0 Å². The largest absolute Gasteiger partial charge is 0.399 e. The molecule has 1 saturated carbocycles. The summed E-state index contributed by atoms with van der Waals surface area (Å²) in [6.07, 6.45) is 5.34. The minimum absolute atomic E-state index is 0.265. The summed E-state index contributed by atoms with van der Waals surface area (Å²) in [6.45, 7) is 6.35. The predicted octanol–water partition coefficient (Wildman–Crippen LogP) is 2.93. The van der Waals surface area contributed by atoms with Crippen LogP contribution < -0.4 is 11.1 Å². The van der Waals surface area contributed by atoms with E-state index in [9.17, 15) is 4.79 Å². The molecule has 1 aromatic carbocycles. The molecule has 2 rings (SSSR count). The van der Waals surface area contributed by atoms with E-state index in [0.717, 1.165) is 50.0 Å². The number of nitrogens with zero attached hydrogens (tertiary/aromatic N) is 1. The Bertz CT molecular complexity index is 491. The summed E-state index contributed by atoms with van der Waals surface area (Å²) >= 11 is 0. The molecule has 4 heteroatoms. The molecule has 0 atom stereocenters. The van der Waals surface area contributed by atoms with Crippen LogP contribution in [0, 0.1) is 0 Å². The van der Waals surface area contributed by atoms with Crippen LogP contribution in [0.15, 0.2) is 24.3 Å². The molecule has 0 bridgehead atoms. The molecule has 0 spiro atoms.